The molecule has 9 heteroatoms. The lowest BCUT2D eigenvalue weighted by Gasteiger charge is -2.24. The van der Waals surface area contributed by atoms with E-state index in [1.165, 1.54) is 23.5 Å². The lowest BCUT2D eigenvalue weighted by Crippen LogP contribution is -2.35. The van der Waals surface area contributed by atoms with E-state index in [0.717, 1.165) is 19.3 Å². The van der Waals surface area contributed by atoms with Gasteiger partial charge in [0.25, 0.3) is 21.8 Å². The molecule has 2 aromatic rings. The first-order valence-electron chi connectivity index (χ1n) is 9.07. The van der Waals surface area contributed by atoms with Gasteiger partial charge in [-0.05, 0) is 49.6 Å². The molecule has 28 heavy (non-hydrogen) atoms. The van der Waals surface area contributed by atoms with Gasteiger partial charge in [-0.3, -0.25) is 9.59 Å². The van der Waals surface area contributed by atoms with E-state index in [2.05, 4.69) is 10.6 Å². The minimum absolute atomic E-state index is 0.111. The van der Waals surface area contributed by atoms with E-state index in [9.17, 15) is 18.0 Å². The van der Waals surface area contributed by atoms with E-state index in [1.807, 2.05) is 0 Å². The molecule has 3 rings (SSSR count). The molecule has 1 saturated heterocycles. The van der Waals surface area contributed by atoms with Crippen molar-refractivity contribution in [2.24, 2.45) is 0 Å². The third kappa shape index (κ3) is 3.95. The molecule has 1 fully saturated rings. The van der Waals surface area contributed by atoms with E-state index >= 15 is 0 Å². The Bertz CT molecular complexity index is 991. The highest BCUT2D eigenvalue weighted by atomic mass is 32.2. The van der Waals surface area contributed by atoms with Crippen LogP contribution in [0.1, 0.15) is 45.7 Å². The van der Waals surface area contributed by atoms with E-state index in [0.29, 0.717) is 29.9 Å². The van der Waals surface area contributed by atoms with Gasteiger partial charge >= 0.3 is 0 Å². The SMILES string of the molecule is CNC(=O)c1cccc(NC(=O)c2ccc(S(=O)(=O)N3CCCCC3)o2)c1C. The number of benzene rings is 1. The average molecular weight is 405 g/mol. The second-order valence-corrected chi connectivity index (χ2v) is 8.46. The summed E-state index contributed by atoms with van der Waals surface area (Å²) in [4.78, 5) is 24.4. The Morgan fingerprint density at radius 1 is 1.04 bits per heavy atom. The fourth-order valence-electron chi connectivity index (χ4n) is 3.15. The predicted molar refractivity (Wildman–Crippen MR) is 104 cm³/mol. The summed E-state index contributed by atoms with van der Waals surface area (Å²) in [5, 5.41) is 4.97. The second-order valence-electron chi connectivity index (χ2n) is 6.59. The van der Waals surface area contributed by atoms with E-state index < -0.39 is 15.9 Å². The van der Waals surface area contributed by atoms with Gasteiger partial charge in [-0.1, -0.05) is 12.5 Å². The molecule has 0 saturated carbocycles. The standard InChI is InChI=1S/C19H23N3O5S/c1-13-14(18(23)20-2)7-6-8-15(13)21-19(24)16-9-10-17(27-16)28(25,26)22-11-4-3-5-12-22/h6-10H,3-5,11-12H2,1-2H3,(H,20,23)(H,21,24). The first kappa shape index (κ1) is 20.1. The molecule has 8 nitrogen and oxygen atoms in total. The van der Waals surface area contributed by atoms with Gasteiger partial charge in [0, 0.05) is 31.4 Å². The normalized spacial score (nSPS) is 15.2. The zero-order valence-electron chi connectivity index (χ0n) is 15.8. The Labute approximate surface area is 164 Å². The van der Waals surface area contributed by atoms with Crippen molar-refractivity contribution >= 4 is 27.5 Å². The number of carbonyl (C=O) groups excluding carboxylic acids is 2. The summed E-state index contributed by atoms with van der Waals surface area (Å²) in [6.07, 6.45) is 2.63. The molecule has 1 aromatic heterocycles. The van der Waals surface area contributed by atoms with Crippen molar-refractivity contribution in [3.63, 3.8) is 0 Å². The molecule has 2 N–H and O–H groups in total. The van der Waals surface area contributed by atoms with Crippen molar-refractivity contribution in [1.82, 2.24) is 9.62 Å². The molecule has 150 valence electrons. The summed E-state index contributed by atoms with van der Waals surface area (Å²) in [5.74, 6) is -0.959. The molecule has 2 amide bonds. The average Bonchev–Trinajstić information content (AvgIpc) is 3.21. The number of rotatable bonds is 5. The number of hydrogen-bond acceptors (Lipinski definition) is 5. The molecule has 2 heterocycles. The number of piperidine rings is 1. The van der Waals surface area contributed by atoms with Crippen molar-refractivity contribution in [2.45, 2.75) is 31.3 Å². The summed E-state index contributed by atoms with van der Waals surface area (Å²) < 4.78 is 32.0. The van der Waals surface area contributed by atoms with E-state index in [-0.39, 0.29) is 16.8 Å². The molecule has 0 radical (unpaired) electrons. The van der Waals surface area contributed by atoms with Crippen molar-refractivity contribution in [3.05, 3.63) is 47.2 Å². The van der Waals surface area contributed by atoms with Crippen LogP contribution < -0.4 is 10.6 Å². The number of anilines is 1. The van der Waals surface area contributed by atoms with Crippen LogP contribution in [0.15, 0.2) is 39.8 Å². The van der Waals surface area contributed by atoms with Gasteiger partial charge in [0.1, 0.15) is 0 Å². The van der Waals surface area contributed by atoms with Crippen molar-refractivity contribution in [3.8, 4) is 0 Å². The van der Waals surface area contributed by atoms with E-state index in [1.54, 1.807) is 25.1 Å². The summed E-state index contributed by atoms with van der Waals surface area (Å²) in [5.41, 5.74) is 1.49. The molecule has 0 atom stereocenters. The fourth-order valence-corrected chi connectivity index (χ4v) is 4.58. The highest BCUT2D eigenvalue weighted by Crippen LogP contribution is 2.24. The van der Waals surface area contributed by atoms with Gasteiger partial charge in [0.15, 0.2) is 5.76 Å². The van der Waals surface area contributed by atoms with Gasteiger partial charge in [0.05, 0.1) is 0 Å². The quantitative estimate of drug-likeness (QED) is 0.794. The van der Waals surface area contributed by atoms with Crippen LogP contribution in [0.3, 0.4) is 0 Å². The molecule has 1 aromatic carbocycles. The number of carbonyl (C=O) groups is 2. The summed E-state index contributed by atoms with van der Waals surface area (Å²) in [6.45, 7) is 2.63. The van der Waals surface area contributed by atoms with Crippen LogP contribution >= 0.6 is 0 Å². The maximum atomic E-state index is 12.6. The van der Waals surface area contributed by atoms with Crippen molar-refractivity contribution in [2.75, 3.05) is 25.5 Å². The molecule has 0 unspecified atom stereocenters. The molecular formula is C19H23N3O5S. The van der Waals surface area contributed by atoms with Crippen LogP contribution in [0.2, 0.25) is 0 Å². The maximum Gasteiger partial charge on any atom is 0.291 e. The molecule has 0 bridgehead atoms. The number of furan rings is 1. The third-order valence-electron chi connectivity index (χ3n) is 4.77. The van der Waals surface area contributed by atoms with Gasteiger partial charge in [-0.15, -0.1) is 0 Å². The Morgan fingerprint density at radius 2 is 1.75 bits per heavy atom. The molecular weight excluding hydrogens is 382 g/mol. The van der Waals surface area contributed by atoms with Crippen LogP contribution in [-0.4, -0.2) is 44.7 Å². The van der Waals surface area contributed by atoms with Crippen molar-refractivity contribution < 1.29 is 22.4 Å². The zero-order chi connectivity index (χ0) is 20.3. The molecule has 0 spiro atoms. The Kier molecular flexibility index (Phi) is 5.85. The molecule has 1 aliphatic rings. The number of amides is 2. The smallest absolute Gasteiger partial charge is 0.291 e. The van der Waals surface area contributed by atoms with Crippen LogP contribution in [0, 0.1) is 6.92 Å². The number of hydrogen-bond donors (Lipinski definition) is 2. The first-order valence-corrected chi connectivity index (χ1v) is 10.5. The second kappa shape index (κ2) is 8.15. The van der Waals surface area contributed by atoms with Crippen LogP contribution in [0.4, 0.5) is 5.69 Å². The largest absolute Gasteiger partial charge is 0.438 e. The van der Waals surface area contributed by atoms with Crippen molar-refractivity contribution in [1.29, 1.82) is 0 Å². The fraction of sp³-hybridized carbons (Fsp3) is 0.368. The Morgan fingerprint density at radius 3 is 2.43 bits per heavy atom. The van der Waals surface area contributed by atoms with Crippen LogP contribution in [0.25, 0.3) is 0 Å². The first-order chi connectivity index (χ1) is 13.3. The number of sulfonamides is 1. The monoisotopic (exact) mass is 405 g/mol. The summed E-state index contributed by atoms with van der Waals surface area (Å²) in [7, 11) is -2.22. The van der Waals surface area contributed by atoms with Crippen LogP contribution in [0.5, 0.6) is 0 Å². The van der Waals surface area contributed by atoms with Gasteiger partial charge in [0.2, 0.25) is 5.09 Å². The van der Waals surface area contributed by atoms with Gasteiger partial charge < -0.3 is 15.1 Å². The maximum absolute atomic E-state index is 12.6. The predicted octanol–water partition coefficient (Wildman–Crippen LogP) is 2.37. The zero-order valence-corrected chi connectivity index (χ0v) is 16.6. The van der Waals surface area contributed by atoms with Gasteiger partial charge in [-0.25, -0.2) is 8.42 Å². The number of nitrogens with zero attached hydrogens (tertiary/aromatic N) is 1. The Balaban J connectivity index is 1.79. The minimum Gasteiger partial charge on any atom is -0.438 e. The molecule has 0 aliphatic carbocycles. The topological polar surface area (TPSA) is 109 Å². The molecule has 1 aliphatic heterocycles. The van der Waals surface area contributed by atoms with E-state index in [4.69, 9.17) is 4.42 Å². The van der Waals surface area contributed by atoms with Crippen LogP contribution in [-0.2, 0) is 10.0 Å². The lowest BCUT2D eigenvalue weighted by molar-refractivity contribution is 0.0959. The Hall–Kier alpha value is -2.65. The summed E-state index contributed by atoms with van der Waals surface area (Å²) >= 11 is 0. The highest BCUT2D eigenvalue weighted by Gasteiger charge is 2.29. The lowest BCUT2D eigenvalue weighted by atomic mass is 10.1. The highest BCUT2D eigenvalue weighted by molar-refractivity contribution is 7.89. The van der Waals surface area contributed by atoms with Gasteiger partial charge in [-0.2, -0.15) is 4.31 Å². The minimum atomic E-state index is -3.74. The number of nitrogens with one attached hydrogen (secondary N) is 2. The summed E-state index contributed by atoms with van der Waals surface area (Å²) in [6, 6.07) is 7.60. The third-order valence-corrected chi connectivity index (χ3v) is 6.54.